The molecule has 7 heteroatoms. The van der Waals surface area contributed by atoms with Crippen LogP contribution in [0, 0.1) is 0 Å². The van der Waals surface area contributed by atoms with Gasteiger partial charge in [-0.3, -0.25) is 14.5 Å². The lowest BCUT2D eigenvalue weighted by atomic mass is 10.3. The first-order chi connectivity index (χ1) is 9.92. The average molecular weight is 313 g/mol. The highest BCUT2D eigenvalue weighted by Crippen LogP contribution is 2.17. The van der Waals surface area contributed by atoms with Crippen molar-refractivity contribution in [2.24, 2.45) is 0 Å². The number of nitrogens with one attached hydrogen (secondary N) is 2. The molecule has 0 fully saturated rings. The number of carbonyl (C=O) groups is 2. The van der Waals surface area contributed by atoms with Gasteiger partial charge in [-0.25, -0.2) is 4.98 Å². The lowest BCUT2D eigenvalue weighted by Crippen LogP contribution is -2.42. The summed E-state index contributed by atoms with van der Waals surface area (Å²) >= 11 is 5.88. The molecular weight excluding hydrogens is 292 g/mol. The summed E-state index contributed by atoms with van der Waals surface area (Å²) in [4.78, 5) is 29.3. The van der Waals surface area contributed by atoms with Crippen molar-refractivity contribution >= 4 is 29.1 Å². The smallest absolute Gasteiger partial charge is 0.238 e. The second-order valence-electron chi connectivity index (χ2n) is 4.92. The minimum absolute atomic E-state index is 0.0826. The second kappa shape index (κ2) is 8.59. The molecule has 0 saturated heterocycles. The van der Waals surface area contributed by atoms with E-state index in [4.69, 9.17) is 11.6 Å². The third-order valence-corrected chi connectivity index (χ3v) is 2.97. The van der Waals surface area contributed by atoms with Crippen LogP contribution in [0.3, 0.4) is 0 Å². The zero-order chi connectivity index (χ0) is 15.8. The molecule has 0 spiro atoms. The van der Waals surface area contributed by atoms with Gasteiger partial charge in [0.15, 0.2) is 5.15 Å². The first-order valence-electron chi connectivity index (χ1n) is 6.84. The van der Waals surface area contributed by atoms with Gasteiger partial charge in [-0.15, -0.1) is 0 Å². The van der Waals surface area contributed by atoms with Gasteiger partial charge in [0.25, 0.3) is 0 Å². The average Bonchev–Trinajstić information content (AvgIpc) is 2.39. The molecule has 21 heavy (non-hydrogen) atoms. The molecule has 1 aromatic heterocycles. The maximum absolute atomic E-state index is 12.0. The summed E-state index contributed by atoms with van der Waals surface area (Å²) < 4.78 is 0. The Bertz CT molecular complexity index is 494. The lowest BCUT2D eigenvalue weighted by Gasteiger charge is -2.20. The molecule has 6 nitrogen and oxygen atoms in total. The van der Waals surface area contributed by atoms with Crippen molar-refractivity contribution in [1.82, 2.24) is 15.2 Å². The van der Waals surface area contributed by atoms with E-state index in [0.29, 0.717) is 12.2 Å². The van der Waals surface area contributed by atoms with E-state index in [9.17, 15) is 9.59 Å². The van der Waals surface area contributed by atoms with E-state index < -0.39 is 0 Å². The van der Waals surface area contributed by atoms with Gasteiger partial charge in [0.2, 0.25) is 11.8 Å². The van der Waals surface area contributed by atoms with Crippen molar-refractivity contribution in [3.8, 4) is 0 Å². The number of aromatic nitrogens is 1. The zero-order valence-electron chi connectivity index (χ0n) is 12.5. The van der Waals surface area contributed by atoms with E-state index in [-0.39, 0.29) is 36.1 Å². The maximum Gasteiger partial charge on any atom is 0.238 e. The molecule has 0 bridgehead atoms. The molecule has 0 radical (unpaired) electrons. The molecule has 0 atom stereocenters. The van der Waals surface area contributed by atoms with Gasteiger partial charge >= 0.3 is 0 Å². The van der Waals surface area contributed by atoms with E-state index in [1.165, 1.54) is 0 Å². The van der Waals surface area contributed by atoms with Gasteiger partial charge < -0.3 is 10.6 Å². The summed E-state index contributed by atoms with van der Waals surface area (Å²) in [6.07, 6.45) is 1.55. The first-order valence-corrected chi connectivity index (χ1v) is 7.22. The zero-order valence-corrected chi connectivity index (χ0v) is 13.3. The van der Waals surface area contributed by atoms with Crippen LogP contribution in [0.1, 0.15) is 20.8 Å². The van der Waals surface area contributed by atoms with Crippen LogP contribution in [0.15, 0.2) is 18.3 Å². The van der Waals surface area contributed by atoms with Crippen LogP contribution in [-0.4, -0.2) is 47.4 Å². The number of likely N-dealkylation sites (N-methyl/N-ethyl adjacent to an activating group) is 1. The fourth-order valence-electron chi connectivity index (χ4n) is 1.72. The minimum Gasteiger partial charge on any atom is -0.353 e. The molecule has 0 saturated carbocycles. The van der Waals surface area contributed by atoms with Crippen molar-refractivity contribution in [3.05, 3.63) is 23.5 Å². The Kier molecular flexibility index (Phi) is 7.11. The fraction of sp³-hybridized carbons (Fsp3) is 0.500. The van der Waals surface area contributed by atoms with Gasteiger partial charge in [0.05, 0.1) is 18.8 Å². The monoisotopic (exact) mass is 312 g/mol. The van der Waals surface area contributed by atoms with E-state index >= 15 is 0 Å². The number of nitrogens with zero attached hydrogens (tertiary/aromatic N) is 2. The predicted octanol–water partition coefficient (Wildman–Crippen LogP) is 1.52. The van der Waals surface area contributed by atoms with E-state index in [2.05, 4.69) is 15.6 Å². The number of halogens is 1. The van der Waals surface area contributed by atoms with Gasteiger partial charge in [-0.1, -0.05) is 18.5 Å². The van der Waals surface area contributed by atoms with Crippen molar-refractivity contribution in [1.29, 1.82) is 0 Å². The summed E-state index contributed by atoms with van der Waals surface area (Å²) in [5.74, 6) is -0.330. The third-order valence-electron chi connectivity index (χ3n) is 2.66. The second-order valence-corrected chi connectivity index (χ2v) is 5.27. The Morgan fingerprint density at radius 1 is 1.33 bits per heavy atom. The van der Waals surface area contributed by atoms with Gasteiger partial charge in [0, 0.05) is 12.2 Å². The highest BCUT2D eigenvalue weighted by atomic mass is 35.5. The molecule has 1 aromatic rings. The van der Waals surface area contributed by atoms with Crippen LogP contribution in [0.4, 0.5) is 5.69 Å². The van der Waals surface area contributed by atoms with Crippen LogP contribution in [-0.2, 0) is 9.59 Å². The SMILES string of the molecule is CCN(CC(=O)Nc1cccnc1Cl)CC(=O)NC(C)C. The summed E-state index contributed by atoms with van der Waals surface area (Å²) in [5.41, 5.74) is 0.465. The molecule has 0 aliphatic rings. The Morgan fingerprint density at radius 2 is 2.00 bits per heavy atom. The number of carbonyl (C=O) groups excluding carboxylic acids is 2. The first kappa shape index (κ1) is 17.4. The summed E-state index contributed by atoms with van der Waals surface area (Å²) in [6, 6.07) is 3.45. The largest absolute Gasteiger partial charge is 0.353 e. The summed E-state index contributed by atoms with van der Waals surface area (Å²) in [6.45, 7) is 6.58. The van der Waals surface area contributed by atoms with Crippen molar-refractivity contribution < 1.29 is 9.59 Å². The molecule has 1 rings (SSSR count). The van der Waals surface area contributed by atoms with Crippen LogP contribution in [0.25, 0.3) is 0 Å². The van der Waals surface area contributed by atoms with Gasteiger partial charge in [-0.2, -0.15) is 0 Å². The van der Waals surface area contributed by atoms with Gasteiger partial charge in [0.1, 0.15) is 0 Å². The highest BCUT2D eigenvalue weighted by molar-refractivity contribution is 6.32. The molecule has 116 valence electrons. The third kappa shape index (κ3) is 6.55. The highest BCUT2D eigenvalue weighted by Gasteiger charge is 2.14. The molecular formula is C14H21ClN4O2. The van der Waals surface area contributed by atoms with E-state index in [0.717, 1.165) is 0 Å². The lowest BCUT2D eigenvalue weighted by molar-refractivity contribution is -0.123. The van der Waals surface area contributed by atoms with Crippen molar-refractivity contribution in [3.63, 3.8) is 0 Å². The maximum atomic E-state index is 12.0. The van der Waals surface area contributed by atoms with Crippen LogP contribution < -0.4 is 10.6 Å². The quantitative estimate of drug-likeness (QED) is 0.749. The Balaban J connectivity index is 2.51. The molecule has 2 N–H and O–H groups in total. The van der Waals surface area contributed by atoms with Crippen LogP contribution in [0.5, 0.6) is 0 Å². The molecule has 0 aromatic carbocycles. The molecule has 0 unspecified atom stereocenters. The summed E-state index contributed by atoms with van der Waals surface area (Å²) in [5, 5.41) is 5.72. The number of pyridine rings is 1. The minimum atomic E-state index is -0.232. The number of anilines is 1. The predicted molar refractivity (Wildman–Crippen MR) is 83.3 cm³/mol. The van der Waals surface area contributed by atoms with Crippen molar-refractivity contribution in [2.75, 3.05) is 25.0 Å². The molecule has 0 aliphatic heterocycles. The van der Waals surface area contributed by atoms with Crippen molar-refractivity contribution in [2.45, 2.75) is 26.8 Å². The van der Waals surface area contributed by atoms with E-state index in [1.54, 1.807) is 23.2 Å². The Labute approximate surface area is 129 Å². The summed E-state index contributed by atoms with van der Waals surface area (Å²) in [7, 11) is 0. The number of hydrogen-bond donors (Lipinski definition) is 2. The van der Waals surface area contributed by atoms with E-state index in [1.807, 2.05) is 20.8 Å². The van der Waals surface area contributed by atoms with Gasteiger partial charge in [-0.05, 0) is 32.5 Å². The Morgan fingerprint density at radius 3 is 2.57 bits per heavy atom. The molecule has 2 amide bonds. The Hall–Kier alpha value is -1.66. The number of amides is 2. The number of hydrogen-bond acceptors (Lipinski definition) is 4. The normalized spacial score (nSPS) is 10.8. The number of rotatable bonds is 7. The molecule has 1 heterocycles. The standard InChI is InChI=1S/C14H21ClN4O2/c1-4-19(8-12(20)17-10(2)3)9-13(21)18-11-6-5-7-16-14(11)15/h5-7,10H,4,8-9H2,1-3H3,(H,17,20)(H,18,21). The topological polar surface area (TPSA) is 74.3 Å². The fourth-order valence-corrected chi connectivity index (χ4v) is 1.89. The van der Waals surface area contributed by atoms with Crippen LogP contribution >= 0.6 is 11.6 Å². The van der Waals surface area contributed by atoms with Crippen LogP contribution in [0.2, 0.25) is 5.15 Å². The molecule has 0 aliphatic carbocycles.